The molecule has 118 valence electrons. The van der Waals surface area contributed by atoms with Gasteiger partial charge in [-0.2, -0.15) is 0 Å². The van der Waals surface area contributed by atoms with Crippen molar-refractivity contribution in [3.63, 3.8) is 0 Å². The first kappa shape index (κ1) is 14.0. The van der Waals surface area contributed by atoms with Crippen molar-refractivity contribution in [2.24, 2.45) is 17.3 Å². The molecular weight excluding hydrogens is 302 g/mol. The lowest BCUT2D eigenvalue weighted by Crippen LogP contribution is -2.46. The molecule has 0 N–H and O–H groups in total. The number of benzene rings is 1. The predicted octanol–water partition coefficient (Wildman–Crippen LogP) is 5.87. The molecule has 0 aliphatic heterocycles. The molecule has 1 nitrogen and oxygen atoms in total. The fraction of sp³-hybridized carbons (Fsp3) is 0.476. The standard InChI is InChI=1S/C21H22ClN/c1-2-21-11-14-7-16(21)9-17(21)8-15-12-23-20(10-19(14)15)13-3-5-18(22)6-4-13/h3-6,10,12,14,16-17H,2,7-9,11H2,1H3. The summed E-state index contributed by atoms with van der Waals surface area (Å²) in [6.45, 7) is 2.41. The molecule has 0 saturated heterocycles. The highest BCUT2D eigenvalue weighted by atomic mass is 35.5. The average Bonchev–Trinajstić information content (AvgIpc) is 2.79. The molecule has 23 heavy (non-hydrogen) atoms. The van der Waals surface area contributed by atoms with E-state index in [1.54, 1.807) is 5.56 Å². The van der Waals surface area contributed by atoms with Crippen LogP contribution in [-0.4, -0.2) is 4.98 Å². The summed E-state index contributed by atoms with van der Waals surface area (Å²) in [5.41, 5.74) is 6.04. The first-order valence-electron chi connectivity index (χ1n) is 8.94. The summed E-state index contributed by atoms with van der Waals surface area (Å²) in [5, 5.41) is 0.784. The maximum absolute atomic E-state index is 6.02. The lowest BCUT2D eigenvalue weighted by molar-refractivity contribution is -0.0297. The van der Waals surface area contributed by atoms with Crippen LogP contribution in [0.3, 0.4) is 0 Å². The molecule has 3 aliphatic rings. The molecule has 2 saturated carbocycles. The molecule has 0 radical (unpaired) electrons. The quantitative estimate of drug-likeness (QED) is 0.673. The van der Waals surface area contributed by atoms with Gasteiger partial charge in [0.15, 0.2) is 0 Å². The second kappa shape index (κ2) is 4.83. The third kappa shape index (κ3) is 1.89. The summed E-state index contributed by atoms with van der Waals surface area (Å²) in [5.74, 6) is 2.66. The Morgan fingerprint density at radius 2 is 2.00 bits per heavy atom. The normalized spacial score (nSPS) is 33.7. The van der Waals surface area contributed by atoms with Crippen molar-refractivity contribution in [3.05, 3.63) is 52.7 Å². The summed E-state index contributed by atoms with van der Waals surface area (Å²) >= 11 is 6.02. The molecule has 1 aromatic heterocycles. The summed E-state index contributed by atoms with van der Waals surface area (Å²) in [6.07, 6.45) is 9.06. The lowest BCUT2D eigenvalue weighted by atomic mass is 9.52. The van der Waals surface area contributed by atoms with Crippen LogP contribution in [0.1, 0.15) is 49.7 Å². The van der Waals surface area contributed by atoms with Crippen molar-refractivity contribution in [2.75, 3.05) is 0 Å². The second-order valence-electron chi connectivity index (χ2n) is 7.83. The Morgan fingerprint density at radius 1 is 1.17 bits per heavy atom. The van der Waals surface area contributed by atoms with E-state index in [0.29, 0.717) is 5.41 Å². The van der Waals surface area contributed by atoms with Crippen molar-refractivity contribution in [1.82, 2.24) is 4.98 Å². The minimum Gasteiger partial charge on any atom is -0.256 e. The van der Waals surface area contributed by atoms with Crippen LogP contribution in [-0.2, 0) is 6.42 Å². The van der Waals surface area contributed by atoms with E-state index in [4.69, 9.17) is 16.6 Å². The highest BCUT2D eigenvalue weighted by molar-refractivity contribution is 6.30. The van der Waals surface area contributed by atoms with Gasteiger partial charge < -0.3 is 0 Å². The number of aromatic nitrogens is 1. The van der Waals surface area contributed by atoms with Crippen molar-refractivity contribution in [2.45, 2.75) is 44.9 Å². The molecule has 2 bridgehead atoms. The summed E-state index contributed by atoms with van der Waals surface area (Å²) in [7, 11) is 0. The van der Waals surface area contributed by atoms with Gasteiger partial charge in [0.1, 0.15) is 0 Å². The van der Waals surface area contributed by atoms with Crippen molar-refractivity contribution >= 4 is 11.6 Å². The highest BCUT2D eigenvalue weighted by Crippen LogP contribution is 2.69. The van der Waals surface area contributed by atoms with Crippen molar-refractivity contribution < 1.29 is 0 Å². The van der Waals surface area contributed by atoms with E-state index in [2.05, 4.69) is 31.3 Å². The topological polar surface area (TPSA) is 12.9 Å². The van der Waals surface area contributed by atoms with Gasteiger partial charge >= 0.3 is 0 Å². The molecule has 1 heterocycles. The molecule has 5 rings (SSSR count). The van der Waals surface area contributed by atoms with E-state index in [1.807, 2.05) is 12.1 Å². The molecule has 4 unspecified atom stereocenters. The van der Waals surface area contributed by atoms with Crippen LogP contribution in [0, 0.1) is 17.3 Å². The molecule has 0 spiro atoms. The first-order chi connectivity index (χ1) is 11.2. The van der Waals surface area contributed by atoms with Gasteiger partial charge in [0, 0.05) is 16.8 Å². The fourth-order valence-electron chi connectivity index (χ4n) is 5.87. The molecule has 1 aromatic carbocycles. The van der Waals surface area contributed by atoms with Crippen LogP contribution in [0.25, 0.3) is 11.3 Å². The number of halogens is 1. The number of hydrogen-bond acceptors (Lipinski definition) is 1. The minimum atomic E-state index is 0.657. The Bertz CT molecular complexity index is 766. The van der Waals surface area contributed by atoms with Crippen LogP contribution >= 0.6 is 11.6 Å². The molecular formula is C21H22ClN. The average molecular weight is 324 g/mol. The molecule has 4 atom stereocenters. The molecule has 2 fully saturated rings. The lowest BCUT2D eigenvalue weighted by Gasteiger charge is -2.53. The smallest absolute Gasteiger partial charge is 0.0705 e. The highest BCUT2D eigenvalue weighted by Gasteiger charge is 2.60. The zero-order valence-electron chi connectivity index (χ0n) is 13.6. The van der Waals surface area contributed by atoms with E-state index in [1.165, 1.54) is 43.2 Å². The summed E-state index contributed by atoms with van der Waals surface area (Å²) in [6, 6.07) is 10.4. The Kier molecular flexibility index (Phi) is 2.95. The van der Waals surface area contributed by atoms with Gasteiger partial charge in [-0.25, -0.2) is 0 Å². The first-order valence-corrected chi connectivity index (χ1v) is 9.32. The third-order valence-electron chi connectivity index (χ3n) is 7.12. The molecule has 2 aromatic rings. The third-order valence-corrected chi connectivity index (χ3v) is 7.37. The van der Waals surface area contributed by atoms with Crippen molar-refractivity contribution in [1.29, 1.82) is 0 Å². The largest absolute Gasteiger partial charge is 0.256 e. The Labute approximate surface area is 143 Å². The number of fused-ring (bicyclic) bond motifs is 3. The van der Waals surface area contributed by atoms with Gasteiger partial charge in [-0.05, 0) is 84.6 Å². The summed E-state index contributed by atoms with van der Waals surface area (Å²) < 4.78 is 0. The second-order valence-corrected chi connectivity index (χ2v) is 8.27. The molecule has 0 amide bonds. The maximum Gasteiger partial charge on any atom is 0.0705 e. The fourth-order valence-corrected chi connectivity index (χ4v) is 6.00. The number of rotatable bonds is 2. The van der Waals surface area contributed by atoms with Crippen molar-refractivity contribution in [3.8, 4) is 11.3 Å². The Morgan fingerprint density at radius 3 is 2.78 bits per heavy atom. The zero-order valence-corrected chi connectivity index (χ0v) is 14.3. The number of hydrogen-bond donors (Lipinski definition) is 0. The van der Waals surface area contributed by atoms with Gasteiger partial charge in [-0.1, -0.05) is 30.7 Å². The monoisotopic (exact) mass is 323 g/mol. The minimum absolute atomic E-state index is 0.657. The van der Waals surface area contributed by atoms with Gasteiger partial charge in [0.2, 0.25) is 0 Å². The van der Waals surface area contributed by atoms with E-state index >= 15 is 0 Å². The van der Waals surface area contributed by atoms with Crippen LogP contribution in [0.15, 0.2) is 36.5 Å². The predicted molar refractivity (Wildman–Crippen MR) is 94.7 cm³/mol. The van der Waals surface area contributed by atoms with E-state index < -0.39 is 0 Å². The van der Waals surface area contributed by atoms with Gasteiger partial charge in [0.25, 0.3) is 0 Å². The number of pyridine rings is 1. The van der Waals surface area contributed by atoms with E-state index in [-0.39, 0.29) is 0 Å². The Hall–Kier alpha value is -1.34. The van der Waals surface area contributed by atoms with E-state index in [9.17, 15) is 0 Å². The molecule has 2 heteroatoms. The van der Waals surface area contributed by atoms with Crippen LogP contribution < -0.4 is 0 Å². The SMILES string of the molecule is CCC12CC3CC1CC2Cc1cnc(-c2ccc(Cl)cc2)cc13. The summed E-state index contributed by atoms with van der Waals surface area (Å²) in [4.78, 5) is 4.77. The molecule has 3 aliphatic carbocycles. The number of nitrogens with zero attached hydrogens (tertiary/aromatic N) is 1. The Balaban J connectivity index is 1.57. The maximum atomic E-state index is 6.02. The van der Waals surface area contributed by atoms with Crippen LogP contribution in [0.4, 0.5) is 0 Å². The van der Waals surface area contributed by atoms with Crippen LogP contribution in [0.5, 0.6) is 0 Å². The van der Waals surface area contributed by atoms with E-state index in [0.717, 1.165) is 28.5 Å². The van der Waals surface area contributed by atoms with Gasteiger partial charge in [-0.3, -0.25) is 4.98 Å². The van der Waals surface area contributed by atoms with Gasteiger partial charge in [0.05, 0.1) is 5.69 Å². The van der Waals surface area contributed by atoms with Gasteiger partial charge in [-0.15, -0.1) is 0 Å². The van der Waals surface area contributed by atoms with Crippen LogP contribution in [0.2, 0.25) is 5.02 Å². The zero-order chi connectivity index (χ0) is 15.6.